The van der Waals surface area contributed by atoms with Crippen molar-refractivity contribution in [2.24, 2.45) is 0 Å². The monoisotopic (exact) mass is 1090 g/mol. The molecule has 0 aromatic rings. The van der Waals surface area contributed by atoms with Gasteiger partial charge >= 0.3 is 0 Å². The highest BCUT2D eigenvalue weighted by Gasteiger charge is 2.51. The number of unbranched alkanes of at least 4 members (excludes halogenated alkanes) is 28. The molecule has 2 aliphatic rings. The van der Waals surface area contributed by atoms with Crippen molar-refractivity contribution >= 4 is 5.91 Å². The summed E-state index contributed by atoms with van der Waals surface area (Å²) in [4.78, 5) is 13.3. The molecule has 2 aliphatic heterocycles. The predicted octanol–water partition coefficient (Wildman–Crippen LogP) is 10.9. The van der Waals surface area contributed by atoms with Crippen molar-refractivity contribution < 1.29 is 64.6 Å². The maximum Gasteiger partial charge on any atom is 0.220 e. The van der Waals surface area contributed by atoms with E-state index in [1.807, 2.05) is 6.08 Å². The number of hydrogen-bond donors (Lipinski definition) is 9. The molecule has 12 atom stereocenters. The Morgan fingerprint density at radius 2 is 0.896 bits per heavy atom. The number of aliphatic hydroxyl groups is 8. The van der Waals surface area contributed by atoms with Crippen LogP contribution in [-0.2, 0) is 23.7 Å². The van der Waals surface area contributed by atoms with Crippen LogP contribution in [0.15, 0.2) is 60.8 Å². The third-order valence-electron chi connectivity index (χ3n) is 15.0. The van der Waals surface area contributed by atoms with E-state index in [1.165, 1.54) is 148 Å². The third kappa shape index (κ3) is 33.9. The van der Waals surface area contributed by atoms with Gasteiger partial charge in [0.05, 0.1) is 32.0 Å². The molecule has 1 amide bonds. The van der Waals surface area contributed by atoms with E-state index in [1.54, 1.807) is 6.08 Å². The minimum absolute atomic E-state index is 0.241. The van der Waals surface area contributed by atoms with Gasteiger partial charge in [-0.15, -0.1) is 0 Å². The second kappa shape index (κ2) is 48.4. The Kier molecular flexibility index (Phi) is 44.5. The Morgan fingerprint density at radius 3 is 1.38 bits per heavy atom. The van der Waals surface area contributed by atoms with Crippen LogP contribution >= 0.6 is 0 Å². The molecule has 9 N–H and O–H groups in total. The Morgan fingerprint density at radius 1 is 0.481 bits per heavy atom. The maximum absolute atomic E-state index is 13.3. The molecular formula is C63H113NO13. The van der Waals surface area contributed by atoms with Gasteiger partial charge in [-0.25, -0.2) is 0 Å². The van der Waals surface area contributed by atoms with Gasteiger partial charge in [-0.05, 0) is 57.8 Å². The van der Waals surface area contributed by atoms with Crippen LogP contribution in [0, 0.1) is 0 Å². The second-order valence-corrected chi connectivity index (χ2v) is 21.8. The van der Waals surface area contributed by atoms with Crippen LogP contribution in [0.25, 0.3) is 0 Å². The van der Waals surface area contributed by atoms with Crippen LogP contribution < -0.4 is 5.32 Å². The van der Waals surface area contributed by atoms with Gasteiger partial charge in [-0.3, -0.25) is 4.79 Å². The van der Waals surface area contributed by atoms with Gasteiger partial charge in [-0.1, -0.05) is 235 Å². The molecule has 2 heterocycles. The van der Waals surface area contributed by atoms with Crippen LogP contribution in [0.4, 0.5) is 0 Å². The molecule has 448 valence electrons. The highest BCUT2D eigenvalue weighted by molar-refractivity contribution is 5.76. The van der Waals surface area contributed by atoms with Crippen molar-refractivity contribution in [1.29, 1.82) is 0 Å². The van der Waals surface area contributed by atoms with E-state index in [-0.39, 0.29) is 18.9 Å². The third-order valence-corrected chi connectivity index (χ3v) is 15.0. The van der Waals surface area contributed by atoms with Crippen LogP contribution in [0.5, 0.6) is 0 Å². The lowest BCUT2D eigenvalue weighted by Crippen LogP contribution is -2.65. The zero-order valence-corrected chi connectivity index (χ0v) is 48.2. The molecule has 0 saturated carbocycles. The predicted molar refractivity (Wildman–Crippen MR) is 309 cm³/mol. The van der Waals surface area contributed by atoms with Crippen molar-refractivity contribution in [3.8, 4) is 0 Å². The summed E-state index contributed by atoms with van der Waals surface area (Å²) in [7, 11) is 0. The van der Waals surface area contributed by atoms with Gasteiger partial charge in [0.25, 0.3) is 0 Å². The van der Waals surface area contributed by atoms with E-state index < -0.39 is 86.8 Å². The van der Waals surface area contributed by atoms with Crippen LogP contribution in [0.1, 0.15) is 239 Å². The van der Waals surface area contributed by atoms with E-state index in [9.17, 15) is 45.6 Å². The van der Waals surface area contributed by atoms with Gasteiger partial charge < -0.3 is 65.1 Å². The van der Waals surface area contributed by atoms with Crippen molar-refractivity contribution in [2.75, 3.05) is 19.8 Å². The summed E-state index contributed by atoms with van der Waals surface area (Å²) in [6.07, 6.45) is 45.4. The number of amides is 1. The molecule has 0 aromatic carbocycles. The molecule has 77 heavy (non-hydrogen) atoms. The Bertz CT molecular complexity index is 1520. The number of aliphatic hydroxyl groups excluding tert-OH is 8. The Labute approximate surface area is 466 Å². The number of hydrogen-bond acceptors (Lipinski definition) is 13. The van der Waals surface area contributed by atoms with E-state index in [4.69, 9.17) is 18.9 Å². The average Bonchev–Trinajstić information content (AvgIpc) is 3.43. The fraction of sp³-hybridized carbons (Fsp3) is 0.825. The average molecular weight is 1090 g/mol. The number of carbonyl (C=O) groups is 1. The summed E-state index contributed by atoms with van der Waals surface area (Å²) < 4.78 is 22.8. The van der Waals surface area contributed by atoms with E-state index in [0.717, 1.165) is 64.2 Å². The minimum Gasteiger partial charge on any atom is -0.394 e. The second-order valence-electron chi connectivity index (χ2n) is 21.8. The fourth-order valence-electron chi connectivity index (χ4n) is 9.99. The number of nitrogens with one attached hydrogen (secondary N) is 1. The van der Waals surface area contributed by atoms with Crippen molar-refractivity contribution in [1.82, 2.24) is 5.32 Å². The molecule has 12 unspecified atom stereocenters. The molecule has 14 nitrogen and oxygen atoms in total. The van der Waals surface area contributed by atoms with Gasteiger partial charge in [0.1, 0.15) is 48.8 Å². The molecular weight excluding hydrogens is 979 g/mol. The van der Waals surface area contributed by atoms with Gasteiger partial charge in [0.15, 0.2) is 12.6 Å². The molecule has 0 spiro atoms. The van der Waals surface area contributed by atoms with Crippen molar-refractivity contribution in [3.05, 3.63) is 60.8 Å². The molecule has 2 fully saturated rings. The standard InChI is InChI=1S/C63H113NO13/c1-3-5-7-9-11-13-15-17-19-21-22-23-24-25-26-27-28-29-30-31-33-35-37-39-41-43-45-47-55(68)64-51(52(67)46-44-42-40-38-36-34-32-20-18-16-14-12-10-8-6-4-2)50-74-62-60(73)58(71)61(54(49-66)76-62)77-63-59(72)57(70)56(69)53(48-65)75-63/h5,7,11,13,17,19,22-23,44,46,51-54,56-63,65-67,69-73H,3-4,6,8-10,12,14-16,18,20-21,24-43,45,47-50H2,1-2H3,(H,64,68)/b7-5-,13-11-,19-17-,23-22-,46-44+. The summed E-state index contributed by atoms with van der Waals surface area (Å²) in [5, 5.41) is 87.2. The normalized spacial score (nSPS) is 25.1. The molecule has 2 saturated heterocycles. The number of carbonyl (C=O) groups excluding carboxylic acids is 1. The zero-order valence-electron chi connectivity index (χ0n) is 48.2. The minimum atomic E-state index is -1.79. The topological polar surface area (TPSA) is 228 Å². The number of ether oxygens (including phenoxy) is 4. The molecule has 0 radical (unpaired) electrons. The van der Waals surface area contributed by atoms with Gasteiger partial charge in [-0.2, -0.15) is 0 Å². The first-order chi connectivity index (χ1) is 37.6. The van der Waals surface area contributed by atoms with E-state index >= 15 is 0 Å². The maximum atomic E-state index is 13.3. The van der Waals surface area contributed by atoms with Gasteiger partial charge in [0, 0.05) is 6.42 Å². The number of allylic oxidation sites excluding steroid dienone is 9. The highest BCUT2D eigenvalue weighted by Crippen LogP contribution is 2.30. The summed E-state index contributed by atoms with van der Waals surface area (Å²) >= 11 is 0. The summed E-state index contributed by atoms with van der Waals surface area (Å²) in [6.45, 7) is 2.69. The van der Waals surface area contributed by atoms with Crippen molar-refractivity contribution in [3.63, 3.8) is 0 Å². The van der Waals surface area contributed by atoms with Gasteiger partial charge in [0.2, 0.25) is 5.91 Å². The van der Waals surface area contributed by atoms with E-state index in [0.29, 0.717) is 6.42 Å². The van der Waals surface area contributed by atoms with Crippen LogP contribution in [0.3, 0.4) is 0 Å². The molecule has 2 rings (SSSR count). The first-order valence-corrected chi connectivity index (χ1v) is 31.0. The highest BCUT2D eigenvalue weighted by atomic mass is 16.7. The molecule has 0 bridgehead atoms. The Hall–Kier alpha value is -2.31. The SMILES string of the molecule is CC/C=C\C/C=C\C/C=C\C/C=C\CCCCCCCCCCCCCCCCC(=O)NC(COC1OC(CO)C(OC2OC(CO)C(O)C(O)C2O)C(O)C1O)C(O)/C=C/CCCCCCCCCCCCCCCC. The lowest BCUT2D eigenvalue weighted by molar-refractivity contribution is -0.359. The van der Waals surface area contributed by atoms with Crippen molar-refractivity contribution in [2.45, 2.75) is 312 Å². The summed E-state index contributed by atoms with van der Waals surface area (Å²) in [5.41, 5.74) is 0. The largest absolute Gasteiger partial charge is 0.394 e. The molecule has 0 aromatic heterocycles. The quantitative estimate of drug-likeness (QED) is 0.0204. The lowest BCUT2D eigenvalue weighted by atomic mass is 9.97. The lowest BCUT2D eigenvalue weighted by Gasteiger charge is -2.46. The fourth-order valence-corrected chi connectivity index (χ4v) is 9.99. The zero-order chi connectivity index (χ0) is 56.0. The van der Waals surface area contributed by atoms with Crippen LogP contribution in [0.2, 0.25) is 0 Å². The summed E-state index contributed by atoms with van der Waals surface area (Å²) in [6, 6.07) is -0.916. The summed E-state index contributed by atoms with van der Waals surface area (Å²) in [5.74, 6) is -0.241. The molecule has 0 aliphatic carbocycles. The van der Waals surface area contributed by atoms with Crippen LogP contribution in [-0.4, -0.2) is 140 Å². The number of rotatable bonds is 49. The smallest absolute Gasteiger partial charge is 0.220 e. The van der Waals surface area contributed by atoms with E-state index in [2.05, 4.69) is 67.8 Å². The molecule has 14 heteroatoms. The first kappa shape index (κ1) is 70.8. The Balaban J connectivity index is 1.71. The first-order valence-electron chi connectivity index (χ1n) is 31.0.